The fraction of sp³-hybridized carbons (Fsp3) is 0.455. The molecule has 154 valence electrons. The summed E-state index contributed by atoms with van der Waals surface area (Å²) in [4.78, 5) is 16.8. The van der Waals surface area contributed by atoms with Crippen LogP contribution in [0.1, 0.15) is 23.1 Å². The third kappa shape index (κ3) is 3.80. The van der Waals surface area contributed by atoms with Crippen LogP contribution >= 0.6 is 0 Å². The van der Waals surface area contributed by atoms with Crippen molar-refractivity contribution in [3.63, 3.8) is 0 Å². The van der Waals surface area contributed by atoms with Gasteiger partial charge in [0.1, 0.15) is 23.5 Å². The molecule has 3 aromatic rings. The Morgan fingerprint density at radius 1 is 1.17 bits per heavy atom. The van der Waals surface area contributed by atoms with Gasteiger partial charge in [-0.25, -0.2) is 9.97 Å². The summed E-state index contributed by atoms with van der Waals surface area (Å²) in [6.45, 7) is 7.98. The summed E-state index contributed by atoms with van der Waals surface area (Å²) in [6.07, 6.45) is 4.26. The quantitative estimate of drug-likeness (QED) is 0.668. The number of fused-ring (bicyclic) bond motifs is 1. The van der Waals surface area contributed by atoms with Crippen LogP contribution in [0, 0.1) is 13.8 Å². The Labute approximate surface area is 171 Å². The van der Waals surface area contributed by atoms with E-state index in [9.17, 15) is 5.11 Å². The molecule has 1 saturated heterocycles. The van der Waals surface area contributed by atoms with Crippen LogP contribution in [0.4, 0.5) is 5.82 Å². The number of anilines is 1. The Balaban J connectivity index is 1.55. The largest absolute Gasteiger partial charge is 0.496 e. The number of ether oxygens (including phenoxy) is 1. The van der Waals surface area contributed by atoms with Crippen molar-refractivity contribution in [2.75, 3.05) is 38.3 Å². The molecule has 0 bridgehead atoms. The third-order valence-electron chi connectivity index (χ3n) is 6.14. The van der Waals surface area contributed by atoms with Gasteiger partial charge in [-0.15, -0.1) is 0 Å². The van der Waals surface area contributed by atoms with Crippen LogP contribution in [-0.4, -0.2) is 64.4 Å². The van der Waals surface area contributed by atoms with Crippen LogP contribution in [0.15, 0.2) is 30.7 Å². The molecular weight excluding hydrogens is 366 g/mol. The Morgan fingerprint density at radius 3 is 2.83 bits per heavy atom. The van der Waals surface area contributed by atoms with Gasteiger partial charge in [-0.2, -0.15) is 0 Å². The van der Waals surface area contributed by atoms with E-state index >= 15 is 0 Å². The predicted octanol–water partition coefficient (Wildman–Crippen LogP) is 2.66. The molecule has 0 radical (unpaired) electrons. The van der Waals surface area contributed by atoms with Crippen molar-refractivity contribution in [1.82, 2.24) is 19.9 Å². The smallest absolute Gasteiger partial charge is 0.142 e. The number of aliphatic hydroxyl groups is 1. The van der Waals surface area contributed by atoms with Crippen LogP contribution in [0.3, 0.4) is 0 Å². The van der Waals surface area contributed by atoms with Crippen molar-refractivity contribution in [2.45, 2.75) is 32.9 Å². The topological polar surface area (TPSA) is 77.5 Å². The van der Waals surface area contributed by atoms with Crippen LogP contribution in [0.25, 0.3) is 11.0 Å². The number of rotatable bonds is 6. The summed E-state index contributed by atoms with van der Waals surface area (Å²) in [6, 6.07) is 6.51. The molecule has 0 spiro atoms. The minimum atomic E-state index is 0.180. The molecule has 0 aliphatic carbocycles. The number of hydrogen-bond acceptors (Lipinski definition) is 6. The van der Waals surface area contributed by atoms with E-state index in [4.69, 9.17) is 4.74 Å². The van der Waals surface area contributed by atoms with Crippen molar-refractivity contribution in [1.29, 1.82) is 0 Å². The van der Waals surface area contributed by atoms with E-state index in [0.717, 1.165) is 55.2 Å². The lowest BCUT2D eigenvalue weighted by Gasteiger charge is -2.42. The zero-order valence-electron chi connectivity index (χ0n) is 17.4. The monoisotopic (exact) mass is 395 g/mol. The lowest BCUT2D eigenvalue weighted by molar-refractivity contribution is 0.135. The highest BCUT2D eigenvalue weighted by molar-refractivity contribution is 5.87. The highest BCUT2D eigenvalue weighted by Gasteiger charge is 2.29. The van der Waals surface area contributed by atoms with E-state index in [2.05, 4.69) is 50.7 Å². The number of aromatic nitrogens is 3. The van der Waals surface area contributed by atoms with Gasteiger partial charge in [-0.1, -0.05) is 6.07 Å². The Bertz CT molecular complexity index is 986. The molecule has 2 aromatic heterocycles. The molecular formula is C22H29N5O2. The van der Waals surface area contributed by atoms with Gasteiger partial charge in [0.2, 0.25) is 0 Å². The molecule has 0 amide bonds. The highest BCUT2D eigenvalue weighted by atomic mass is 16.5. The average Bonchev–Trinajstić information content (AvgIpc) is 3.22. The first-order chi connectivity index (χ1) is 14.1. The maximum atomic E-state index is 9.67. The van der Waals surface area contributed by atoms with Gasteiger partial charge in [0.25, 0.3) is 0 Å². The van der Waals surface area contributed by atoms with Crippen molar-refractivity contribution in [2.24, 2.45) is 0 Å². The molecule has 3 heterocycles. The van der Waals surface area contributed by atoms with Gasteiger partial charge < -0.3 is 19.7 Å². The number of benzene rings is 1. The molecule has 1 fully saturated rings. The summed E-state index contributed by atoms with van der Waals surface area (Å²) < 4.78 is 5.45. The maximum absolute atomic E-state index is 9.67. The molecule has 1 aliphatic heterocycles. The maximum Gasteiger partial charge on any atom is 0.142 e. The highest BCUT2D eigenvalue weighted by Crippen LogP contribution is 2.28. The fourth-order valence-electron chi connectivity index (χ4n) is 4.29. The number of piperazine rings is 1. The fourth-order valence-corrected chi connectivity index (χ4v) is 4.29. The van der Waals surface area contributed by atoms with Gasteiger partial charge in [-0.3, -0.25) is 4.90 Å². The number of methoxy groups -OCH3 is 1. The molecule has 29 heavy (non-hydrogen) atoms. The number of H-pyrrole nitrogens is 1. The number of aliphatic hydroxyl groups excluding tert-OH is 1. The number of hydrogen-bond donors (Lipinski definition) is 2. The van der Waals surface area contributed by atoms with Crippen LogP contribution < -0.4 is 9.64 Å². The normalized spacial score (nSPS) is 17.8. The second kappa shape index (κ2) is 8.39. The number of nitrogens with one attached hydrogen (secondary N) is 1. The van der Waals surface area contributed by atoms with Crippen molar-refractivity contribution >= 4 is 16.9 Å². The first kappa shape index (κ1) is 19.7. The lowest BCUT2D eigenvalue weighted by atomic mass is 10.00. The zero-order chi connectivity index (χ0) is 20.4. The summed E-state index contributed by atoms with van der Waals surface area (Å²) in [5.74, 6) is 1.90. The minimum absolute atomic E-state index is 0.180. The average molecular weight is 396 g/mol. The van der Waals surface area contributed by atoms with Crippen molar-refractivity contribution in [3.8, 4) is 5.75 Å². The first-order valence-corrected chi connectivity index (χ1v) is 10.1. The third-order valence-corrected chi connectivity index (χ3v) is 6.14. The Morgan fingerprint density at radius 2 is 2.03 bits per heavy atom. The molecule has 1 aromatic carbocycles. The standard InChI is InChI=1S/C22H29N5O2/c1-15-16(2)20(29-3)5-4-17(15)12-26-9-10-27(13-18(26)7-11-28)22-19-6-8-23-21(19)24-14-25-22/h4-6,8,14,18,28H,7,9-13H2,1-3H3,(H,23,24,25)/t18-/m1/s1. The summed E-state index contributed by atoms with van der Waals surface area (Å²) in [7, 11) is 1.71. The molecule has 1 atom stereocenters. The van der Waals surface area contributed by atoms with E-state index in [0.29, 0.717) is 0 Å². The molecule has 4 rings (SSSR count). The van der Waals surface area contributed by atoms with E-state index < -0.39 is 0 Å². The second-order valence-electron chi connectivity index (χ2n) is 7.70. The first-order valence-electron chi connectivity index (χ1n) is 10.1. The molecule has 7 nitrogen and oxygen atoms in total. The van der Waals surface area contributed by atoms with Crippen LogP contribution in [0.2, 0.25) is 0 Å². The SMILES string of the molecule is COc1ccc(CN2CCN(c3ncnc4[nH]ccc34)C[C@H]2CCO)c(C)c1C. The molecule has 0 saturated carbocycles. The summed E-state index contributed by atoms with van der Waals surface area (Å²) in [5, 5.41) is 10.7. The summed E-state index contributed by atoms with van der Waals surface area (Å²) >= 11 is 0. The van der Waals surface area contributed by atoms with E-state index in [1.165, 1.54) is 16.7 Å². The van der Waals surface area contributed by atoms with Crippen molar-refractivity contribution in [3.05, 3.63) is 47.4 Å². The van der Waals surface area contributed by atoms with Gasteiger partial charge in [-0.05, 0) is 49.1 Å². The lowest BCUT2D eigenvalue weighted by Crippen LogP contribution is -2.53. The number of aromatic amines is 1. The van der Waals surface area contributed by atoms with Crippen LogP contribution in [-0.2, 0) is 6.54 Å². The van der Waals surface area contributed by atoms with Gasteiger partial charge in [0, 0.05) is 45.0 Å². The van der Waals surface area contributed by atoms with Gasteiger partial charge in [0.15, 0.2) is 0 Å². The Kier molecular flexibility index (Phi) is 5.69. The van der Waals surface area contributed by atoms with E-state index in [1.54, 1.807) is 13.4 Å². The van der Waals surface area contributed by atoms with Crippen LogP contribution in [0.5, 0.6) is 5.75 Å². The predicted molar refractivity (Wildman–Crippen MR) is 114 cm³/mol. The van der Waals surface area contributed by atoms with Gasteiger partial charge in [0.05, 0.1) is 12.5 Å². The number of nitrogens with zero attached hydrogens (tertiary/aromatic N) is 4. The second-order valence-corrected chi connectivity index (χ2v) is 7.70. The molecule has 7 heteroatoms. The molecule has 2 N–H and O–H groups in total. The zero-order valence-corrected chi connectivity index (χ0v) is 17.4. The summed E-state index contributed by atoms with van der Waals surface area (Å²) in [5.41, 5.74) is 4.65. The Hall–Kier alpha value is -2.64. The van der Waals surface area contributed by atoms with E-state index in [1.807, 2.05) is 12.3 Å². The van der Waals surface area contributed by atoms with Gasteiger partial charge >= 0.3 is 0 Å². The van der Waals surface area contributed by atoms with E-state index in [-0.39, 0.29) is 12.6 Å². The molecule has 0 unspecified atom stereocenters. The molecule has 1 aliphatic rings. The van der Waals surface area contributed by atoms with Crippen molar-refractivity contribution < 1.29 is 9.84 Å². The minimum Gasteiger partial charge on any atom is -0.496 e.